The Morgan fingerprint density at radius 1 is 1.26 bits per heavy atom. The standard InChI is InChI=1S/C13H19N5O/c1-4-9-7-12(18-15-9)14-13(19)11-6-10(16-17-11)5-8(2)3/h6-8H,4-5H2,1-3H3,(H,16,17)(H2,14,15,18,19). The SMILES string of the molecule is CCc1cc(NC(=O)c2cc(CC(C)C)[nH]n2)n[nH]1. The van der Waals surface area contributed by atoms with Crippen LogP contribution in [0.3, 0.4) is 0 Å². The zero-order chi connectivity index (χ0) is 13.8. The van der Waals surface area contributed by atoms with E-state index in [0.717, 1.165) is 24.2 Å². The van der Waals surface area contributed by atoms with E-state index in [2.05, 4.69) is 39.6 Å². The van der Waals surface area contributed by atoms with E-state index in [1.807, 2.05) is 13.0 Å². The number of nitrogens with one attached hydrogen (secondary N) is 3. The number of nitrogens with zero attached hydrogens (tertiary/aromatic N) is 2. The predicted molar refractivity (Wildman–Crippen MR) is 73.0 cm³/mol. The van der Waals surface area contributed by atoms with E-state index >= 15 is 0 Å². The smallest absolute Gasteiger partial charge is 0.277 e. The minimum absolute atomic E-state index is 0.250. The van der Waals surface area contributed by atoms with Crippen molar-refractivity contribution in [3.8, 4) is 0 Å². The highest BCUT2D eigenvalue weighted by Crippen LogP contribution is 2.10. The van der Waals surface area contributed by atoms with Gasteiger partial charge in [0.15, 0.2) is 11.5 Å². The number of aromatic amines is 2. The van der Waals surface area contributed by atoms with E-state index in [1.165, 1.54) is 0 Å². The van der Waals surface area contributed by atoms with Crippen molar-refractivity contribution >= 4 is 11.7 Å². The molecule has 6 nitrogen and oxygen atoms in total. The lowest BCUT2D eigenvalue weighted by Crippen LogP contribution is -2.12. The van der Waals surface area contributed by atoms with Crippen LogP contribution in [0, 0.1) is 5.92 Å². The number of carbonyl (C=O) groups excluding carboxylic acids is 1. The van der Waals surface area contributed by atoms with Gasteiger partial charge >= 0.3 is 0 Å². The van der Waals surface area contributed by atoms with Gasteiger partial charge in [-0.2, -0.15) is 10.2 Å². The fourth-order valence-corrected chi connectivity index (χ4v) is 1.81. The first-order valence-electron chi connectivity index (χ1n) is 6.48. The lowest BCUT2D eigenvalue weighted by Gasteiger charge is -1.99. The summed E-state index contributed by atoms with van der Waals surface area (Å²) in [6.45, 7) is 6.26. The monoisotopic (exact) mass is 261 g/mol. The summed E-state index contributed by atoms with van der Waals surface area (Å²) < 4.78 is 0. The molecule has 2 heterocycles. The van der Waals surface area contributed by atoms with Gasteiger partial charge in [0.1, 0.15) is 0 Å². The Hall–Kier alpha value is -2.11. The number of aromatic nitrogens is 4. The normalized spacial score (nSPS) is 10.9. The Kier molecular flexibility index (Phi) is 3.99. The Morgan fingerprint density at radius 2 is 2.00 bits per heavy atom. The number of anilines is 1. The van der Waals surface area contributed by atoms with Crippen molar-refractivity contribution < 1.29 is 4.79 Å². The van der Waals surface area contributed by atoms with Crippen LogP contribution in [-0.4, -0.2) is 26.3 Å². The Labute approximate surface area is 112 Å². The highest BCUT2D eigenvalue weighted by Gasteiger charge is 2.12. The maximum Gasteiger partial charge on any atom is 0.277 e. The number of hydrogen-bond acceptors (Lipinski definition) is 3. The van der Waals surface area contributed by atoms with E-state index in [0.29, 0.717) is 17.4 Å². The fraction of sp³-hybridized carbons (Fsp3) is 0.462. The summed E-state index contributed by atoms with van der Waals surface area (Å²) in [6, 6.07) is 3.60. The van der Waals surface area contributed by atoms with Crippen LogP contribution < -0.4 is 5.32 Å². The van der Waals surface area contributed by atoms with E-state index in [4.69, 9.17) is 0 Å². The first kappa shape index (κ1) is 13.3. The van der Waals surface area contributed by atoms with Crippen LogP contribution in [0.4, 0.5) is 5.82 Å². The molecule has 3 N–H and O–H groups in total. The summed E-state index contributed by atoms with van der Waals surface area (Å²) in [5.74, 6) is 0.797. The van der Waals surface area contributed by atoms with Crippen molar-refractivity contribution in [1.29, 1.82) is 0 Å². The second-order valence-electron chi connectivity index (χ2n) is 4.96. The number of H-pyrrole nitrogens is 2. The van der Waals surface area contributed by atoms with Crippen molar-refractivity contribution in [3.63, 3.8) is 0 Å². The summed E-state index contributed by atoms with van der Waals surface area (Å²) in [5.41, 5.74) is 2.34. The zero-order valence-corrected chi connectivity index (χ0v) is 11.4. The molecule has 6 heteroatoms. The molecule has 0 saturated heterocycles. The number of amides is 1. The summed E-state index contributed by atoms with van der Waals surface area (Å²) in [7, 11) is 0. The third kappa shape index (κ3) is 3.43. The molecule has 2 aromatic heterocycles. The van der Waals surface area contributed by atoms with Gasteiger partial charge < -0.3 is 5.32 Å². The van der Waals surface area contributed by atoms with E-state index in [-0.39, 0.29) is 5.91 Å². The topological polar surface area (TPSA) is 86.5 Å². The molecular formula is C13H19N5O. The van der Waals surface area contributed by atoms with Gasteiger partial charge in [-0.05, 0) is 24.8 Å². The lowest BCUT2D eigenvalue weighted by atomic mass is 10.1. The maximum atomic E-state index is 12.0. The molecule has 0 fully saturated rings. The van der Waals surface area contributed by atoms with Crippen molar-refractivity contribution in [2.75, 3.05) is 5.32 Å². The number of aryl methyl sites for hydroxylation is 1. The first-order valence-corrected chi connectivity index (χ1v) is 6.48. The highest BCUT2D eigenvalue weighted by molar-refractivity contribution is 6.02. The molecule has 102 valence electrons. The first-order chi connectivity index (χ1) is 9.08. The number of carbonyl (C=O) groups is 1. The fourth-order valence-electron chi connectivity index (χ4n) is 1.81. The lowest BCUT2D eigenvalue weighted by molar-refractivity contribution is 0.102. The van der Waals surface area contributed by atoms with E-state index in [1.54, 1.807) is 6.07 Å². The zero-order valence-electron chi connectivity index (χ0n) is 11.4. The van der Waals surface area contributed by atoms with Crippen LogP contribution in [0.1, 0.15) is 42.6 Å². The third-order valence-electron chi connectivity index (χ3n) is 2.75. The van der Waals surface area contributed by atoms with Gasteiger partial charge in [0.25, 0.3) is 5.91 Å². The highest BCUT2D eigenvalue weighted by atomic mass is 16.2. The van der Waals surface area contributed by atoms with Crippen molar-refractivity contribution in [2.45, 2.75) is 33.6 Å². The van der Waals surface area contributed by atoms with Gasteiger partial charge in [-0.15, -0.1) is 0 Å². The van der Waals surface area contributed by atoms with Gasteiger partial charge in [-0.3, -0.25) is 15.0 Å². The quantitative estimate of drug-likeness (QED) is 0.770. The molecule has 0 aliphatic heterocycles. The predicted octanol–water partition coefficient (Wildman–Crippen LogP) is 2.15. The Balaban J connectivity index is 2.01. The molecule has 0 aromatic carbocycles. The average Bonchev–Trinajstić information content (AvgIpc) is 2.97. The van der Waals surface area contributed by atoms with Gasteiger partial charge in [0.05, 0.1) is 0 Å². The minimum atomic E-state index is -0.250. The number of rotatable bonds is 5. The maximum absolute atomic E-state index is 12.0. The molecule has 0 aliphatic carbocycles. The molecule has 0 atom stereocenters. The molecule has 0 spiro atoms. The van der Waals surface area contributed by atoms with Gasteiger partial charge in [0.2, 0.25) is 0 Å². The summed E-state index contributed by atoms with van der Waals surface area (Å²) in [5, 5.41) is 16.5. The summed E-state index contributed by atoms with van der Waals surface area (Å²) >= 11 is 0. The largest absolute Gasteiger partial charge is 0.304 e. The number of hydrogen-bond donors (Lipinski definition) is 3. The van der Waals surface area contributed by atoms with E-state index in [9.17, 15) is 4.79 Å². The van der Waals surface area contributed by atoms with Crippen molar-refractivity contribution in [3.05, 3.63) is 29.2 Å². The molecule has 0 radical (unpaired) electrons. The van der Waals surface area contributed by atoms with Crippen molar-refractivity contribution in [1.82, 2.24) is 20.4 Å². The molecule has 0 aliphatic rings. The summed E-state index contributed by atoms with van der Waals surface area (Å²) in [4.78, 5) is 12.0. The molecular weight excluding hydrogens is 242 g/mol. The molecule has 1 amide bonds. The van der Waals surface area contributed by atoms with Gasteiger partial charge in [-0.25, -0.2) is 0 Å². The second-order valence-corrected chi connectivity index (χ2v) is 4.96. The molecule has 2 rings (SSSR count). The Bertz CT molecular complexity index is 555. The molecule has 2 aromatic rings. The minimum Gasteiger partial charge on any atom is -0.304 e. The van der Waals surface area contributed by atoms with Crippen molar-refractivity contribution in [2.24, 2.45) is 5.92 Å². The molecule has 0 unspecified atom stereocenters. The van der Waals surface area contributed by atoms with Crippen LogP contribution in [0.5, 0.6) is 0 Å². The molecule has 19 heavy (non-hydrogen) atoms. The molecule has 0 saturated carbocycles. The molecule has 0 bridgehead atoms. The summed E-state index contributed by atoms with van der Waals surface area (Å²) in [6.07, 6.45) is 1.73. The Morgan fingerprint density at radius 3 is 2.63 bits per heavy atom. The average molecular weight is 261 g/mol. The van der Waals surface area contributed by atoms with Crippen LogP contribution >= 0.6 is 0 Å². The second kappa shape index (κ2) is 5.69. The van der Waals surface area contributed by atoms with Crippen LogP contribution in [-0.2, 0) is 12.8 Å². The van der Waals surface area contributed by atoms with E-state index < -0.39 is 0 Å². The van der Waals surface area contributed by atoms with Crippen LogP contribution in [0.15, 0.2) is 12.1 Å². The van der Waals surface area contributed by atoms with Gasteiger partial charge in [-0.1, -0.05) is 20.8 Å². The van der Waals surface area contributed by atoms with Gasteiger partial charge in [0, 0.05) is 17.5 Å². The van der Waals surface area contributed by atoms with Crippen LogP contribution in [0.25, 0.3) is 0 Å². The third-order valence-corrected chi connectivity index (χ3v) is 2.75. The van der Waals surface area contributed by atoms with Crippen LogP contribution in [0.2, 0.25) is 0 Å².